The minimum Gasteiger partial charge on any atom is -0.497 e. The standard InChI is InChI=1S/C24H23N5O6/c1-33-15-3-2-14-12-29(21(30)16(14)10-15)13-24(22(31)26-23(32)27-24)19-11-17-18(35-19)4-5-25-20(17)28-6-8-34-9-7-28/h2-5,10-11H,6-9,12-13H2,1H3,(H2,26,27,31,32)/t24-/m0/s1. The molecule has 0 aliphatic carbocycles. The Morgan fingerprint density at radius 2 is 1.97 bits per heavy atom. The summed E-state index contributed by atoms with van der Waals surface area (Å²) in [6.07, 6.45) is 1.65. The van der Waals surface area contributed by atoms with E-state index in [1.165, 1.54) is 12.0 Å². The monoisotopic (exact) mass is 477 g/mol. The molecule has 6 rings (SSSR count). The highest BCUT2D eigenvalue weighted by atomic mass is 16.5. The van der Waals surface area contributed by atoms with Gasteiger partial charge in [-0.2, -0.15) is 0 Å². The van der Waals surface area contributed by atoms with Gasteiger partial charge in [0.2, 0.25) is 0 Å². The predicted octanol–water partition coefficient (Wildman–Crippen LogP) is 1.36. The van der Waals surface area contributed by atoms with E-state index in [-0.39, 0.29) is 18.2 Å². The van der Waals surface area contributed by atoms with E-state index >= 15 is 0 Å². The molecule has 2 saturated heterocycles. The average Bonchev–Trinajstić information content (AvgIpc) is 3.53. The van der Waals surface area contributed by atoms with E-state index in [4.69, 9.17) is 13.9 Å². The maximum absolute atomic E-state index is 13.2. The van der Waals surface area contributed by atoms with Gasteiger partial charge >= 0.3 is 6.03 Å². The number of nitrogens with one attached hydrogen (secondary N) is 2. The lowest BCUT2D eigenvalue weighted by Gasteiger charge is -2.29. The zero-order chi connectivity index (χ0) is 24.2. The number of rotatable bonds is 5. The van der Waals surface area contributed by atoms with Crippen molar-refractivity contribution < 1.29 is 28.3 Å². The van der Waals surface area contributed by atoms with Crippen LogP contribution < -0.4 is 20.3 Å². The highest BCUT2D eigenvalue weighted by Gasteiger charge is 2.53. The van der Waals surface area contributed by atoms with Crippen LogP contribution in [0.15, 0.2) is 40.9 Å². The molecular formula is C24H23N5O6. The van der Waals surface area contributed by atoms with Crippen molar-refractivity contribution in [1.29, 1.82) is 0 Å². The summed E-state index contributed by atoms with van der Waals surface area (Å²) in [5.41, 5.74) is 0.275. The number of hydrogen-bond donors (Lipinski definition) is 2. The van der Waals surface area contributed by atoms with E-state index in [1.807, 2.05) is 6.07 Å². The second kappa shape index (κ2) is 7.98. The quantitative estimate of drug-likeness (QED) is 0.528. The smallest absolute Gasteiger partial charge is 0.322 e. The first-order chi connectivity index (χ1) is 17.0. The lowest BCUT2D eigenvalue weighted by atomic mass is 9.95. The van der Waals surface area contributed by atoms with Crippen LogP contribution in [-0.2, 0) is 21.6 Å². The molecule has 1 atom stereocenters. The molecule has 0 bridgehead atoms. The predicted molar refractivity (Wildman–Crippen MR) is 123 cm³/mol. The van der Waals surface area contributed by atoms with E-state index in [0.717, 1.165) is 16.8 Å². The maximum Gasteiger partial charge on any atom is 0.322 e. The summed E-state index contributed by atoms with van der Waals surface area (Å²) in [5, 5.41) is 5.75. The zero-order valence-corrected chi connectivity index (χ0v) is 19.0. The molecule has 4 amide bonds. The molecule has 0 unspecified atom stereocenters. The molecule has 35 heavy (non-hydrogen) atoms. The van der Waals surface area contributed by atoms with Gasteiger partial charge in [-0.25, -0.2) is 9.78 Å². The third-order valence-corrected chi connectivity index (χ3v) is 6.72. The first-order valence-corrected chi connectivity index (χ1v) is 11.3. The van der Waals surface area contributed by atoms with Gasteiger partial charge < -0.3 is 29.0 Å². The SMILES string of the molecule is COc1ccc2c(c1)C(=O)N(C[C@@]1(c3cc4c(N5CCOCC5)nccc4o3)NC(=O)NC1=O)C2. The van der Waals surface area contributed by atoms with Crippen molar-refractivity contribution in [3.8, 4) is 5.75 Å². The number of amides is 4. The molecule has 1 aromatic carbocycles. The van der Waals surface area contributed by atoms with Crippen molar-refractivity contribution in [3.05, 3.63) is 53.4 Å². The largest absolute Gasteiger partial charge is 0.497 e. The number of furan rings is 1. The van der Waals surface area contributed by atoms with Gasteiger partial charge in [0.15, 0.2) is 5.54 Å². The van der Waals surface area contributed by atoms with E-state index in [0.29, 0.717) is 49.7 Å². The Labute approximate surface area is 200 Å². The molecular weight excluding hydrogens is 454 g/mol. The van der Waals surface area contributed by atoms with Gasteiger partial charge in [-0.05, 0) is 29.8 Å². The fraction of sp³-hybridized carbons (Fsp3) is 0.333. The minimum absolute atomic E-state index is 0.0967. The summed E-state index contributed by atoms with van der Waals surface area (Å²) in [5.74, 6) is 0.695. The first-order valence-electron chi connectivity index (χ1n) is 11.3. The number of hydrogen-bond acceptors (Lipinski definition) is 8. The molecule has 2 N–H and O–H groups in total. The fourth-order valence-electron chi connectivity index (χ4n) is 4.92. The molecule has 180 valence electrons. The van der Waals surface area contributed by atoms with Crippen LogP contribution in [0.4, 0.5) is 10.6 Å². The Morgan fingerprint density at radius 1 is 1.14 bits per heavy atom. The van der Waals surface area contributed by atoms with Crippen LogP contribution in [0.1, 0.15) is 21.7 Å². The van der Waals surface area contributed by atoms with Crippen molar-refractivity contribution >= 4 is 34.6 Å². The number of benzene rings is 1. The lowest BCUT2D eigenvalue weighted by Crippen LogP contribution is -2.52. The van der Waals surface area contributed by atoms with Crippen molar-refractivity contribution in [2.45, 2.75) is 12.1 Å². The van der Waals surface area contributed by atoms with E-state index in [2.05, 4.69) is 20.5 Å². The van der Waals surface area contributed by atoms with E-state index in [9.17, 15) is 14.4 Å². The van der Waals surface area contributed by atoms with Crippen molar-refractivity contribution in [1.82, 2.24) is 20.5 Å². The Morgan fingerprint density at radius 3 is 2.71 bits per heavy atom. The van der Waals surface area contributed by atoms with Crippen LogP contribution in [0, 0.1) is 0 Å². The van der Waals surface area contributed by atoms with Gasteiger partial charge in [0, 0.05) is 31.4 Å². The summed E-state index contributed by atoms with van der Waals surface area (Å²) in [6, 6.07) is 8.10. The number of ether oxygens (including phenoxy) is 2. The fourth-order valence-corrected chi connectivity index (χ4v) is 4.92. The Balaban J connectivity index is 1.39. The number of fused-ring (bicyclic) bond motifs is 2. The molecule has 2 aromatic heterocycles. The molecule has 11 heteroatoms. The number of pyridine rings is 1. The zero-order valence-electron chi connectivity index (χ0n) is 19.0. The van der Waals surface area contributed by atoms with Crippen LogP contribution in [0.5, 0.6) is 5.75 Å². The van der Waals surface area contributed by atoms with Gasteiger partial charge in [-0.1, -0.05) is 6.07 Å². The minimum atomic E-state index is -1.58. The van der Waals surface area contributed by atoms with Crippen molar-refractivity contribution in [3.63, 3.8) is 0 Å². The summed E-state index contributed by atoms with van der Waals surface area (Å²) < 4.78 is 16.8. The van der Waals surface area contributed by atoms with Crippen molar-refractivity contribution in [2.24, 2.45) is 0 Å². The first kappa shape index (κ1) is 21.4. The normalized spacial score (nSPS) is 21.9. The molecule has 0 radical (unpaired) electrons. The number of urea groups is 1. The molecule has 3 aliphatic heterocycles. The summed E-state index contributed by atoms with van der Waals surface area (Å²) in [4.78, 5) is 46.8. The molecule has 3 aliphatic rings. The topological polar surface area (TPSA) is 126 Å². The molecule has 0 saturated carbocycles. The van der Waals surface area contributed by atoms with Crippen LogP contribution in [0.3, 0.4) is 0 Å². The second-order valence-electron chi connectivity index (χ2n) is 8.75. The van der Waals surface area contributed by atoms with Crippen molar-refractivity contribution in [2.75, 3.05) is 44.9 Å². The third-order valence-electron chi connectivity index (χ3n) is 6.72. The third kappa shape index (κ3) is 3.38. The van der Waals surface area contributed by atoms with Crippen LogP contribution in [0.25, 0.3) is 11.0 Å². The van der Waals surface area contributed by atoms with Gasteiger partial charge in [0.05, 0.1) is 32.3 Å². The second-order valence-corrected chi connectivity index (χ2v) is 8.75. The lowest BCUT2D eigenvalue weighted by molar-refractivity contribution is -0.125. The van der Waals surface area contributed by atoms with Gasteiger partial charge in [-0.15, -0.1) is 0 Å². The van der Waals surface area contributed by atoms with Gasteiger partial charge in [-0.3, -0.25) is 14.9 Å². The number of methoxy groups -OCH3 is 1. The Bertz CT molecular complexity index is 1360. The molecule has 2 fully saturated rings. The van der Waals surface area contributed by atoms with E-state index < -0.39 is 17.5 Å². The molecule has 11 nitrogen and oxygen atoms in total. The number of carbonyl (C=O) groups is 3. The molecule has 0 spiro atoms. The molecule has 3 aromatic rings. The van der Waals surface area contributed by atoms with E-state index in [1.54, 1.807) is 30.5 Å². The summed E-state index contributed by atoms with van der Waals surface area (Å²) in [6.45, 7) is 2.74. The molecule has 5 heterocycles. The number of aromatic nitrogens is 1. The Hall–Kier alpha value is -4.12. The number of morpholine rings is 1. The van der Waals surface area contributed by atoms with Gasteiger partial charge in [0.25, 0.3) is 11.8 Å². The highest BCUT2D eigenvalue weighted by molar-refractivity contribution is 6.08. The number of anilines is 1. The average molecular weight is 477 g/mol. The highest BCUT2D eigenvalue weighted by Crippen LogP contribution is 2.37. The van der Waals surface area contributed by atoms with Gasteiger partial charge in [0.1, 0.15) is 22.9 Å². The number of carbonyl (C=O) groups excluding carboxylic acids is 3. The Kier molecular flexibility index (Phi) is 4.88. The number of imide groups is 1. The van der Waals surface area contributed by atoms with Crippen LogP contribution >= 0.6 is 0 Å². The summed E-state index contributed by atoms with van der Waals surface area (Å²) >= 11 is 0. The summed E-state index contributed by atoms with van der Waals surface area (Å²) in [7, 11) is 1.54. The van der Waals surface area contributed by atoms with Crippen LogP contribution in [-0.4, -0.2) is 67.7 Å². The number of nitrogens with zero attached hydrogens (tertiary/aromatic N) is 3. The van der Waals surface area contributed by atoms with Crippen LogP contribution in [0.2, 0.25) is 0 Å². The maximum atomic E-state index is 13.2.